The lowest BCUT2D eigenvalue weighted by Gasteiger charge is -2.39. The minimum absolute atomic E-state index is 0.159. The Hall–Kier alpha value is -1.44. The van der Waals surface area contributed by atoms with Gasteiger partial charge in [-0.05, 0) is 6.92 Å². The maximum absolute atomic E-state index is 12.4. The fraction of sp³-hybridized carbons (Fsp3) is 0.750. The van der Waals surface area contributed by atoms with E-state index >= 15 is 0 Å². The molecule has 2 rings (SSSR count). The first-order valence-electron chi connectivity index (χ1n) is 8.16. The number of aromatic nitrogens is 2. The van der Waals surface area contributed by atoms with E-state index in [1.807, 2.05) is 20.3 Å². The van der Waals surface area contributed by atoms with Crippen LogP contribution in [0.4, 0.5) is 0 Å². The molecule has 0 radical (unpaired) electrons. The minimum Gasteiger partial charge on any atom is -0.383 e. The zero-order valence-corrected chi connectivity index (χ0v) is 14.7. The van der Waals surface area contributed by atoms with Crippen molar-refractivity contribution < 1.29 is 9.53 Å². The zero-order valence-electron chi connectivity index (χ0n) is 14.7. The van der Waals surface area contributed by atoms with Crippen molar-refractivity contribution in [2.75, 3.05) is 53.5 Å². The molecule has 1 aromatic rings. The summed E-state index contributed by atoms with van der Waals surface area (Å²) in [4.78, 5) is 18.8. The van der Waals surface area contributed by atoms with Crippen LogP contribution in [-0.2, 0) is 23.1 Å². The van der Waals surface area contributed by atoms with Gasteiger partial charge in [0.05, 0.1) is 19.3 Å². The SMILES string of the molecule is COCCN1CCN(CC(=O)N(C)Cc2cnn(C)c2)C[C@H]1C. The van der Waals surface area contributed by atoms with Gasteiger partial charge in [0.25, 0.3) is 0 Å². The predicted octanol–water partition coefficient (Wildman–Crippen LogP) is 0.0310. The van der Waals surface area contributed by atoms with E-state index in [0.717, 1.165) is 38.3 Å². The fourth-order valence-corrected chi connectivity index (χ4v) is 2.98. The van der Waals surface area contributed by atoms with Crippen LogP contribution in [0.5, 0.6) is 0 Å². The van der Waals surface area contributed by atoms with Gasteiger partial charge in [0, 0.05) is 71.7 Å². The summed E-state index contributed by atoms with van der Waals surface area (Å²) in [5, 5.41) is 4.14. The normalized spacial score (nSPS) is 19.9. The highest BCUT2D eigenvalue weighted by Crippen LogP contribution is 2.10. The molecule has 0 unspecified atom stereocenters. The number of hydrogen-bond acceptors (Lipinski definition) is 5. The first-order valence-corrected chi connectivity index (χ1v) is 8.16. The van der Waals surface area contributed by atoms with Crippen molar-refractivity contribution in [2.45, 2.75) is 19.5 Å². The first kappa shape index (κ1) is 17.9. The van der Waals surface area contributed by atoms with Gasteiger partial charge in [-0.3, -0.25) is 19.3 Å². The quantitative estimate of drug-likeness (QED) is 0.709. The topological polar surface area (TPSA) is 53.8 Å². The third kappa shape index (κ3) is 5.30. The monoisotopic (exact) mass is 323 g/mol. The number of carbonyl (C=O) groups excluding carboxylic acids is 1. The van der Waals surface area contributed by atoms with Crippen LogP contribution in [0.1, 0.15) is 12.5 Å². The summed E-state index contributed by atoms with van der Waals surface area (Å²) in [6.45, 7) is 7.87. The van der Waals surface area contributed by atoms with Gasteiger partial charge in [-0.2, -0.15) is 5.10 Å². The van der Waals surface area contributed by atoms with Gasteiger partial charge in [-0.25, -0.2) is 0 Å². The number of ether oxygens (including phenoxy) is 1. The van der Waals surface area contributed by atoms with Gasteiger partial charge >= 0.3 is 0 Å². The van der Waals surface area contributed by atoms with Gasteiger partial charge in [0.1, 0.15) is 0 Å². The number of rotatable bonds is 7. The van der Waals surface area contributed by atoms with Gasteiger partial charge in [-0.15, -0.1) is 0 Å². The number of carbonyl (C=O) groups is 1. The van der Waals surface area contributed by atoms with Crippen molar-refractivity contribution in [3.05, 3.63) is 18.0 Å². The minimum atomic E-state index is 0.159. The number of amides is 1. The van der Waals surface area contributed by atoms with E-state index in [-0.39, 0.29) is 5.91 Å². The van der Waals surface area contributed by atoms with Crippen molar-refractivity contribution in [3.63, 3.8) is 0 Å². The third-order valence-electron chi connectivity index (χ3n) is 4.39. The molecule has 7 nitrogen and oxygen atoms in total. The number of piperazine rings is 1. The second kappa shape index (κ2) is 8.42. The molecule has 1 aliphatic rings. The molecule has 2 heterocycles. The summed E-state index contributed by atoms with van der Waals surface area (Å²) in [5.41, 5.74) is 1.06. The highest BCUT2D eigenvalue weighted by Gasteiger charge is 2.25. The number of nitrogens with zero attached hydrogens (tertiary/aromatic N) is 5. The molecule has 0 N–H and O–H groups in total. The molecule has 130 valence electrons. The summed E-state index contributed by atoms with van der Waals surface area (Å²) in [6.07, 6.45) is 3.75. The molecule has 1 amide bonds. The van der Waals surface area contributed by atoms with Gasteiger partial charge in [0.2, 0.25) is 5.91 Å². The number of aryl methyl sites for hydroxylation is 1. The summed E-state index contributed by atoms with van der Waals surface area (Å²) >= 11 is 0. The largest absolute Gasteiger partial charge is 0.383 e. The summed E-state index contributed by atoms with van der Waals surface area (Å²) in [6, 6.07) is 0.454. The van der Waals surface area contributed by atoms with Crippen LogP contribution in [0.25, 0.3) is 0 Å². The molecule has 1 saturated heterocycles. The Morgan fingerprint density at radius 3 is 2.87 bits per heavy atom. The molecule has 1 atom stereocenters. The average molecular weight is 323 g/mol. The first-order chi connectivity index (χ1) is 11.0. The molecule has 7 heteroatoms. The molecule has 1 fully saturated rings. The molecule has 0 aliphatic carbocycles. The molecule has 0 saturated carbocycles. The van der Waals surface area contributed by atoms with E-state index in [9.17, 15) is 4.79 Å². The Labute approximate surface area is 138 Å². The molecule has 0 bridgehead atoms. The van der Waals surface area contributed by atoms with Crippen molar-refractivity contribution in [3.8, 4) is 0 Å². The Bertz CT molecular complexity index is 504. The average Bonchev–Trinajstić information content (AvgIpc) is 2.91. The Morgan fingerprint density at radius 1 is 1.48 bits per heavy atom. The maximum atomic E-state index is 12.4. The molecule has 0 aromatic carbocycles. The Kier molecular flexibility index (Phi) is 6.56. The summed E-state index contributed by atoms with van der Waals surface area (Å²) in [5.74, 6) is 0.159. The second-order valence-corrected chi connectivity index (χ2v) is 6.38. The van der Waals surface area contributed by atoms with Gasteiger partial charge in [0.15, 0.2) is 0 Å². The number of hydrogen-bond donors (Lipinski definition) is 0. The van der Waals surface area contributed by atoms with E-state index in [1.54, 1.807) is 22.9 Å². The highest BCUT2D eigenvalue weighted by molar-refractivity contribution is 5.78. The van der Waals surface area contributed by atoms with Crippen LogP contribution in [0.3, 0.4) is 0 Å². The standard InChI is InChI=1S/C16H29N5O2/c1-14-10-20(5-6-21(14)7-8-23-4)13-16(22)18(2)11-15-9-17-19(3)12-15/h9,12,14H,5-8,10-11,13H2,1-4H3/t14-/m1/s1. The molecule has 1 aromatic heterocycles. The van der Waals surface area contributed by atoms with Crippen LogP contribution in [-0.4, -0.2) is 89.9 Å². The Morgan fingerprint density at radius 2 is 2.26 bits per heavy atom. The van der Waals surface area contributed by atoms with Crippen LogP contribution in [0, 0.1) is 0 Å². The van der Waals surface area contributed by atoms with Crippen LogP contribution < -0.4 is 0 Å². The highest BCUT2D eigenvalue weighted by atomic mass is 16.5. The lowest BCUT2D eigenvalue weighted by molar-refractivity contribution is -0.132. The molecule has 23 heavy (non-hydrogen) atoms. The fourth-order valence-electron chi connectivity index (χ4n) is 2.98. The molecule has 1 aliphatic heterocycles. The van der Waals surface area contributed by atoms with E-state index in [0.29, 0.717) is 19.1 Å². The van der Waals surface area contributed by atoms with Crippen molar-refractivity contribution in [2.24, 2.45) is 7.05 Å². The smallest absolute Gasteiger partial charge is 0.236 e. The Balaban J connectivity index is 1.77. The third-order valence-corrected chi connectivity index (χ3v) is 4.39. The summed E-state index contributed by atoms with van der Waals surface area (Å²) < 4.78 is 6.91. The summed E-state index contributed by atoms with van der Waals surface area (Å²) in [7, 11) is 5.47. The molecular weight excluding hydrogens is 294 g/mol. The predicted molar refractivity (Wildman–Crippen MR) is 89.0 cm³/mol. The molecule has 0 spiro atoms. The van der Waals surface area contributed by atoms with Crippen LogP contribution >= 0.6 is 0 Å². The van der Waals surface area contributed by atoms with Gasteiger partial charge < -0.3 is 9.64 Å². The van der Waals surface area contributed by atoms with Crippen molar-refractivity contribution in [1.29, 1.82) is 0 Å². The lowest BCUT2D eigenvalue weighted by Crippen LogP contribution is -2.54. The van der Waals surface area contributed by atoms with Crippen LogP contribution in [0.2, 0.25) is 0 Å². The van der Waals surface area contributed by atoms with E-state index in [4.69, 9.17) is 4.74 Å². The maximum Gasteiger partial charge on any atom is 0.236 e. The van der Waals surface area contributed by atoms with Crippen molar-refractivity contribution in [1.82, 2.24) is 24.5 Å². The lowest BCUT2D eigenvalue weighted by atomic mass is 10.2. The zero-order chi connectivity index (χ0) is 16.8. The van der Waals surface area contributed by atoms with Gasteiger partial charge in [-0.1, -0.05) is 0 Å². The van der Waals surface area contributed by atoms with Crippen molar-refractivity contribution >= 4 is 5.91 Å². The van der Waals surface area contributed by atoms with E-state index in [1.165, 1.54) is 0 Å². The number of methoxy groups -OCH3 is 1. The van der Waals surface area contributed by atoms with E-state index < -0.39 is 0 Å². The number of likely N-dealkylation sites (N-methyl/N-ethyl adjacent to an activating group) is 1. The van der Waals surface area contributed by atoms with E-state index in [2.05, 4.69) is 21.8 Å². The van der Waals surface area contributed by atoms with Crippen LogP contribution in [0.15, 0.2) is 12.4 Å². The molecular formula is C16H29N5O2. The second-order valence-electron chi connectivity index (χ2n) is 6.38.